The van der Waals surface area contributed by atoms with E-state index in [9.17, 15) is 24.5 Å². The molecule has 344 valence electrons. The Morgan fingerprint density at radius 1 is 0.667 bits per heavy atom. The first kappa shape index (κ1) is 53.9. The van der Waals surface area contributed by atoms with Gasteiger partial charge < -0.3 is 30.7 Å². The molecule has 1 aliphatic heterocycles. The predicted octanol–water partition coefficient (Wildman–Crippen LogP) is 11.3. The Labute approximate surface area is 366 Å². The van der Waals surface area contributed by atoms with Crippen LogP contribution in [0.3, 0.4) is 0 Å². The highest BCUT2D eigenvalue weighted by atomic mass is 28.5. The second kappa shape index (κ2) is 22.9. The van der Waals surface area contributed by atoms with Crippen LogP contribution < -0.4 is 9.47 Å². The summed E-state index contributed by atoms with van der Waals surface area (Å²) in [6.45, 7) is 32.6. The highest BCUT2D eigenvalue weighted by Gasteiger charge is 2.41. The topological polar surface area (TPSA) is 171 Å². The third kappa shape index (κ3) is 19.4. The first-order valence-electron chi connectivity index (χ1n) is 21.6. The van der Waals surface area contributed by atoms with E-state index in [0.29, 0.717) is 17.9 Å². The van der Waals surface area contributed by atoms with Crippen molar-refractivity contribution < 1.29 is 54.8 Å². The molecule has 1 unspecified atom stereocenters. The summed E-state index contributed by atoms with van der Waals surface area (Å²) >= 11 is 0. The number of benzene rings is 1. The third-order valence-electron chi connectivity index (χ3n) is 9.89. The van der Waals surface area contributed by atoms with Crippen LogP contribution in [0.4, 0.5) is 10.5 Å². The molecule has 0 aromatic heterocycles. The molecule has 0 radical (unpaired) electrons. The van der Waals surface area contributed by atoms with Crippen molar-refractivity contribution in [1.29, 1.82) is 0 Å². The molecule has 0 saturated carbocycles. The second-order valence-corrected chi connectivity index (χ2v) is 44.1. The molecule has 1 aliphatic rings. The van der Waals surface area contributed by atoms with Gasteiger partial charge in [0.05, 0.1) is 29.8 Å². The van der Waals surface area contributed by atoms with Gasteiger partial charge in [-0.2, -0.15) is 0 Å². The van der Waals surface area contributed by atoms with Crippen molar-refractivity contribution in [2.45, 2.75) is 181 Å². The minimum absolute atomic E-state index is 0.0238. The second-order valence-electron chi connectivity index (χ2n) is 19.2. The maximum absolute atomic E-state index is 12.6. The van der Waals surface area contributed by atoms with E-state index in [2.05, 4.69) is 92.4 Å². The number of imide groups is 1. The van der Waals surface area contributed by atoms with E-state index in [0.717, 1.165) is 49.9 Å². The largest absolute Gasteiger partial charge is 0.534 e. The van der Waals surface area contributed by atoms with Crippen LogP contribution in [0.15, 0.2) is 12.1 Å². The van der Waals surface area contributed by atoms with Gasteiger partial charge in [0, 0.05) is 12.8 Å². The van der Waals surface area contributed by atoms with Crippen LogP contribution in [0.1, 0.15) is 83.8 Å². The number of rotatable bonds is 28. The van der Waals surface area contributed by atoms with Crippen molar-refractivity contribution in [2.75, 3.05) is 13.2 Å². The number of nitro benzene ring substituents is 1. The van der Waals surface area contributed by atoms with E-state index in [-0.39, 0.29) is 48.8 Å². The maximum Gasteiger partial charge on any atom is 0.534 e. The number of ether oxygens (including phenoxy) is 3. The Morgan fingerprint density at radius 3 is 1.40 bits per heavy atom. The molecule has 60 heavy (non-hydrogen) atoms. The van der Waals surface area contributed by atoms with Crippen molar-refractivity contribution in [1.82, 2.24) is 5.06 Å². The smallest absolute Gasteiger partial charge is 0.490 e. The summed E-state index contributed by atoms with van der Waals surface area (Å²) in [6, 6.07) is 6.51. The zero-order valence-corrected chi connectivity index (χ0v) is 45.3. The molecule has 1 atom stereocenters. The highest BCUT2D eigenvalue weighted by Crippen LogP contribution is 2.40. The summed E-state index contributed by atoms with van der Waals surface area (Å²) in [5.74, 6) is -0.916. The summed E-state index contributed by atoms with van der Waals surface area (Å²) < 4.78 is 44.9. The number of hydrogen-bond donors (Lipinski definition) is 0. The van der Waals surface area contributed by atoms with Gasteiger partial charge in [0.15, 0.2) is 44.8 Å². The minimum Gasteiger partial charge on any atom is -0.490 e. The van der Waals surface area contributed by atoms with Gasteiger partial charge in [-0.25, -0.2) is 4.79 Å². The molecule has 0 spiro atoms. The number of nitrogens with zero attached hydrogens (tertiary/aromatic N) is 2. The lowest BCUT2D eigenvalue weighted by Gasteiger charge is -2.39. The van der Waals surface area contributed by atoms with Gasteiger partial charge >= 0.3 is 23.3 Å². The Bertz CT molecular complexity index is 1590. The summed E-state index contributed by atoms with van der Waals surface area (Å²) in [4.78, 5) is 53.3. The van der Waals surface area contributed by atoms with Gasteiger partial charge in [-0.15, -0.1) is 0 Å². The standard InChI is InChI=1S/C39H76N2O13Si6/c1-16-18-26-55(4,5)51-59(12,13)53-57(8,9)28-20-24-47-35-30-33(32(3)49-39(44)50-40-37(42)22-23-38(40)43)34(41(45)46)31-36(35)48-25-21-29-58(10,11)54-60(14,15)52-56(6,7)27-19-17-2/h30-32H,16-29H2,1-15H3. The van der Waals surface area contributed by atoms with Crippen LogP contribution in [-0.2, 0) is 35.6 Å². The van der Waals surface area contributed by atoms with Crippen LogP contribution >= 0.6 is 0 Å². The minimum atomic E-state index is -2.39. The zero-order chi connectivity index (χ0) is 45.7. The van der Waals surface area contributed by atoms with Gasteiger partial charge in [0.1, 0.15) is 6.10 Å². The Balaban J connectivity index is 2.26. The van der Waals surface area contributed by atoms with E-state index in [1.807, 2.05) is 0 Å². The molecule has 1 heterocycles. The number of carbonyl (C=O) groups excluding carboxylic acids is 3. The van der Waals surface area contributed by atoms with Crippen molar-refractivity contribution in [2.24, 2.45) is 0 Å². The summed E-state index contributed by atoms with van der Waals surface area (Å²) in [6.07, 6.45) is 3.12. The van der Waals surface area contributed by atoms with Crippen molar-refractivity contribution in [3.8, 4) is 11.5 Å². The van der Waals surface area contributed by atoms with Crippen LogP contribution in [0.2, 0.25) is 103 Å². The zero-order valence-electron chi connectivity index (χ0n) is 39.3. The van der Waals surface area contributed by atoms with E-state index in [1.165, 1.54) is 19.1 Å². The Kier molecular flexibility index (Phi) is 20.6. The monoisotopic (exact) mass is 948 g/mol. The molecule has 1 aromatic rings. The molecule has 15 nitrogen and oxygen atoms in total. The first-order valence-corrected chi connectivity index (χ1v) is 39.7. The molecule has 0 N–H and O–H groups in total. The third-order valence-corrected chi connectivity index (χ3v) is 32.8. The number of hydrogen-bond acceptors (Lipinski definition) is 13. The van der Waals surface area contributed by atoms with Crippen LogP contribution in [0.5, 0.6) is 11.5 Å². The molecule has 0 bridgehead atoms. The summed E-state index contributed by atoms with van der Waals surface area (Å²) in [5, 5.41) is 12.8. The number of unbranched alkanes of at least 4 members (excludes halogenated alkanes) is 2. The first-order chi connectivity index (χ1) is 27.5. The fourth-order valence-electron chi connectivity index (χ4n) is 7.71. The van der Waals surface area contributed by atoms with Crippen LogP contribution in [0.25, 0.3) is 0 Å². The van der Waals surface area contributed by atoms with Gasteiger partial charge in [-0.05, 0) is 129 Å². The number of carbonyl (C=O) groups is 3. The summed E-state index contributed by atoms with van der Waals surface area (Å²) in [7, 11) is -12.8. The van der Waals surface area contributed by atoms with Gasteiger partial charge in [-0.3, -0.25) is 24.5 Å². The lowest BCUT2D eigenvalue weighted by molar-refractivity contribution is -0.386. The number of nitro groups is 1. The SMILES string of the molecule is CCCC[Si](C)(C)O[Si](C)(C)O[Si](C)(C)CCCOc1cc(C(C)OC(=O)ON2C(=O)CCC2=O)c([N+](=O)[O-])cc1OCCC[Si](C)(C)O[Si](C)(C)O[Si](C)(C)CCCC. The molecule has 1 saturated heterocycles. The Hall–Kier alpha value is -2.23. The molecule has 0 aliphatic carbocycles. The average molecular weight is 950 g/mol. The average Bonchev–Trinajstić information content (AvgIpc) is 3.40. The van der Waals surface area contributed by atoms with E-state index >= 15 is 0 Å². The van der Waals surface area contributed by atoms with E-state index < -0.39 is 79.4 Å². The van der Waals surface area contributed by atoms with E-state index in [1.54, 1.807) is 0 Å². The highest BCUT2D eigenvalue weighted by molar-refractivity contribution is 6.88. The van der Waals surface area contributed by atoms with Crippen LogP contribution in [0, 0.1) is 10.1 Å². The molecular weight excluding hydrogens is 873 g/mol. The lowest BCUT2D eigenvalue weighted by atomic mass is 10.1. The molecular formula is C39H76N2O13Si6. The molecule has 21 heteroatoms. The molecule has 2 rings (SSSR count). The fraction of sp³-hybridized carbons (Fsp3) is 0.769. The van der Waals surface area contributed by atoms with Crippen molar-refractivity contribution >= 4 is 74.0 Å². The fourth-order valence-corrected chi connectivity index (χ4v) is 36.1. The summed E-state index contributed by atoms with van der Waals surface area (Å²) in [5.41, 5.74) is -0.334. The normalized spacial score (nSPS) is 15.0. The number of amides is 2. The van der Waals surface area contributed by atoms with E-state index in [4.69, 9.17) is 35.5 Å². The van der Waals surface area contributed by atoms with Crippen molar-refractivity contribution in [3.05, 3.63) is 27.8 Å². The Morgan fingerprint density at radius 2 is 1.03 bits per heavy atom. The van der Waals surface area contributed by atoms with Gasteiger partial charge in [0.2, 0.25) is 0 Å². The van der Waals surface area contributed by atoms with Crippen molar-refractivity contribution in [3.63, 3.8) is 0 Å². The van der Waals surface area contributed by atoms with Gasteiger partial charge in [0.25, 0.3) is 17.5 Å². The molecule has 1 fully saturated rings. The molecule has 1 aromatic carbocycles. The predicted molar refractivity (Wildman–Crippen MR) is 249 cm³/mol. The lowest BCUT2D eigenvalue weighted by Crippen LogP contribution is -2.52. The van der Waals surface area contributed by atoms with Gasteiger partial charge in [-0.1, -0.05) is 44.6 Å². The quantitative estimate of drug-likeness (QED) is 0.0194. The molecule has 2 amide bonds. The van der Waals surface area contributed by atoms with Crippen LogP contribution in [-0.4, -0.2) is 91.6 Å². The number of hydroxylamine groups is 2. The maximum atomic E-state index is 12.6.